The first kappa shape index (κ1) is 21.6. The minimum absolute atomic E-state index is 0.0451. The molecule has 12 nitrogen and oxygen atoms in total. The van der Waals surface area contributed by atoms with E-state index in [1.165, 1.54) is 12.3 Å². The lowest BCUT2D eigenvalue weighted by Gasteiger charge is -2.09. The number of hydrogen-bond donors (Lipinski definition) is 3. The molecule has 1 amide bonds. The number of amides is 1. The Morgan fingerprint density at radius 2 is 2.03 bits per heavy atom. The molecule has 0 fully saturated rings. The van der Waals surface area contributed by atoms with Crippen molar-refractivity contribution < 1.29 is 14.2 Å². The number of benzene rings is 1. The summed E-state index contributed by atoms with van der Waals surface area (Å²) in [6, 6.07) is 12.5. The van der Waals surface area contributed by atoms with Gasteiger partial charge in [-0.1, -0.05) is 12.1 Å². The summed E-state index contributed by atoms with van der Waals surface area (Å²) >= 11 is 0. The number of carbonyl (C=O) groups is 2. The van der Waals surface area contributed by atoms with Crippen molar-refractivity contribution in [2.24, 2.45) is 5.73 Å². The van der Waals surface area contributed by atoms with Crippen LogP contribution in [-0.2, 0) is 11.3 Å². The zero-order valence-corrected chi connectivity index (χ0v) is 17.4. The lowest BCUT2D eigenvalue weighted by Crippen LogP contribution is -2.22. The van der Waals surface area contributed by atoms with Gasteiger partial charge >= 0.3 is 0 Å². The van der Waals surface area contributed by atoms with Gasteiger partial charge in [0, 0.05) is 18.3 Å². The SMILES string of the molecule is N#CCCNc1nonc1-c1nc2ccccc2n1CC(=O)c1ccc(NC(=O)CN)nc1. The second-order valence-corrected chi connectivity index (χ2v) is 6.91. The second kappa shape index (κ2) is 9.67. The van der Waals surface area contributed by atoms with Crippen LogP contribution in [0.2, 0.25) is 0 Å². The van der Waals surface area contributed by atoms with Gasteiger partial charge in [-0.05, 0) is 34.6 Å². The number of Topliss-reactive ketones (excluding diaryl/α,β-unsaturated/α-hetero) is 1. The van der Waals surface area contributed by atoms with E-state index in [2.05, 4.69) is 30.9 Å². The highest BCUT2D eigenvalue weighted by atomic mass is 16.6. The minimum Gasteiger partial charge on any atom is -0.364 e. The number of ketones is 1. The molecule has 4 rings (SSSR count). The number of pyridine rings is 1. The van der Waals surface area contributed by atoms with E-state index in [0.717, 1.165) is 5.52 Å². The molecule has 0 aliphatic heterocycles. The summed E-state index contributed by atoms with van der Waals surface area (Å²) in [5.74, 6) is 0.425. The number of imidazole rings is 1. The van der Waals surface area contributed by atoms with Crippen molar-refractivity contribution in [2.75, 3.05) is 23.7 Å². The molecule has 0 aliphatic rings. The van der Waals surface area contributed by atoms with Gasteiger partial charge in [-0.15, -0.1) is 0 Å². The lowest BCUT2D eigenvalue weighted by molar-refractivity contribution is -0.114. The molecule has 0 bridgehead atoms. The molecular formula is C21H19N9O3. The minimum atomic E-state index is -0.378. The first-order chi connectivity index (χ1) is 16.1. The Morgan fingerprint density at radius 3 is 2.79 bits per heavy atom. The van der Waals surface area contributed by atoms with E-state index >= 15 is 0 Å². The quantitative estimate of drug-likeness (QED) is 0.253. The summed E-state index contributed by atoms with van der Waals surface area (Å²) in [7, 11) is 0. The number of aromatic nitrogens is 5. The molecule has 0 unspecified atom stereocenters. The van der Waals surface area contributed by atoms with Crippen molar-refractivity contribution in [3.63, 3.8) is 0 Å². The molecular weight excluding hydrogens is 426 g/mol. The van der Waals surface area contributed by atoms with E-state index in [1.54, 1.807) is 10.6 Å². The predicted octanol–water partition coefficient (Wildman–Crippen LogP) is 1.59. The van der Waals surface area contributed by atoms with E-state index in [1.807, 2.05) is 30.3 Å². The molecule has 0 spiro atoms. The zero-order valence-electron chi connectivity index (χ0n) is 17.4. The molecule has 4 aromatic rings. The average Bonchev–Trinajstić information content (AvgIpc) is 3.44. The maximum Gasteiger partial charge on any atom is 0.239 e. The number of nitrogens with one attached hydrogen (secondary N) is 2. The van der Waals surface area contributed by atoms with Crippen LogP contribution in [0.5, 0.6) is 0 Å². The number of nitrogens with zero attached hydrogens (tertiary/aromatic N) is 6. The van der Waals surface area contributed by atoms with Crippen LogP contribution in [0.1, 0.15) is 16.8 Å². The van der Waals surface area contributed by atoms with E-state index < -0.39 is 0 Å². The highest BCUT2D eigenvalue weighted by Gasteiger charge is 2.22. The van der Waals surface area contributed by atoms with Crippen LogP contribution in [-0.4, -0.2) is 49.6 Å². The van der Waals surface area contributed by atoms with Crippen molar-refractivity contribution in [1.82, 2.24) is 24.8 Å². The largest absolute Gasteiger partial charge is 0.364 e. The topological polar surface area (TPSA) is 178 Å². The number of carbonyl (C=O) groups excluding carboxylic acids is 2. The Hall–Kier alpha value is -4.63. The monoisotopic (exact) mass is 445 g/mol. The third-order valence-electron chi connectivity index (χ3n) is 4.72. The molecule has 3 aromatic heterocycles. The van der Waals surface area contributed by atoms with Crippen molar-refractivity contribution in [1.29, 1.82) is 5.26 Å². The van der Waals surface area contributed by atoms with Crippen LogP contribution in [0, 0.1) is 11.3 Å². The van der Waals surface area contributed by atoms with Crippen LogP contribution < -0.4 is 16.4 Å². The number of hydrogen-bond acceptors (Lipinski definition) is 10. The fourth-order valence-corrected chi connectivity index (χ4v) is 3.17. The molecule has 0 radical (unpaired) electrons. The van der Waals surface area contributed by atoms with E-state index in [9.17, 15) is 9.59 Å². The Labute approximate surface area is 187 Å². The normalized spacial score (nSPS) is 10.7. The van der Waals surface area contributed by atoms with Crippen molar-refractivity contribution >= 4 is 34.4 Å². The third kappa shape index (κ3) is 4.68. The zero-order chi connectivity index (χ0) is 23.2. The van der Waals surface area contributed by atoms with Crippen molar-refractivity contribution in [3.8, 4) is 17.6 Å². The Balaban J connectivity index is 1.64. The van der Waals surface area contributed by atoms with Gasteiger partial charge in [-0.2, -0.15) is 5.26 Å². The number of nitriles is 1. The maximum atomic E-state index is 13.1. The van der Waals surface area contributed by atoms with Crippen LogP contribution >= 0.6 is 0 Å². The van der Waals surface area contributed by atoms with Crippen molar-refractivity contribution in [2.45, 2.75) is 13.0 Å². The molecule has 12 heteroatoms. The van der Waals surface area contributed by atoms with Crippen LogP contribution in [0.3, 0.4) is 0 Å². The molecule has 0 saturated carbocycles. The summed E-state index contributed by atoms with van der Waals surface area (Å²) in [6.07, 6.45) is 1.66. The van der Waals surface area contributed by atoms with E-state index in [0.29, 0.717) is 40.8 Å². The fraction of sp³-hybridized carbons (Fsp3) is 0.190. The number of anilines is 2. The highest BCUT2D eigenvalue weighted by Crippen LogP contribution is 2.28. The lowest BCUT2D eigenvalue weighted by atomic mass is 10.2. The standard InChI is InChI=1S/C21H19N9O3/c22-8-3-9-24-20-19(28-33-29-20)21-26-14-4-1-2-5-15(14)30(21)12-16(31)13-6-7-17(25-11-13)27-18(32)10-23/h1-2,4-7,11H,3,9-10,12,23H2,(H,24,29)(H,25,27,32). The number of rotatable bonds is 9. The van der Waals surface area contributed by atoms with Gasteiger partial charge in [0.2, 0.25) is 11.7 Å². The van der Waals surface area contributed by atoms with Gasteiger partial charge in [-0.3, -0.25) is 9.59 Å². The smallest absolute Gasteiger partial charge is 0.239 e. The van der Waals surface area contributed by atoms with Crippen molar-refractivity contribution in [3.05, 3.63) is 48.2 Å². The number of para-hydroxylation sites is 2. The summed E-state index contributed by atoms with van der Waals surface area (Å²) in [5.41, 5.74) is 7.36. The molecule has 4 N–H and O–H groups in total. The van der Waals surface area contributed by atoms with Crippen LogP contribution in [0.25, 0.3) is 22.6 Å². The molecule has 33 heavy (non-hydrogen) atoms. The second-order valence-electron chi connectivity index (χ2n) is 6.91. The summed E-state index contributed by atoms with van der Waals surface area (Å²) in [4.78, 5) is 33.2. The van der Waals surface area contributed by atoms with E-state index in [-0.39, 0.29) is 31.2 Å². The van der Waals surface area contributed by atoms with Gasteiger partial charge in [0.05, 0.1) is 36.6 Å². The molecule has 1 aromatic carbocycles. The van der Waals surface area contributed by atoms with Gasteiger partial charge in [0.25, 0.3) is 0 Å². The Kier molecular flexibility index (Phi) is 6.33. The fourth-order valence-electron chi connectivity index (χ4n) is 3.17. The molecule has 0 atom stereocenters. The molecule has 166 valence electrons. The molecule has 0 aliphatic carbocycles. The van der Waals surface area contributed by atoms with Crippen LogP contribution in [0.4, 0.5) is 11.6 Å². The average molecular weight is 445 g/mol. The van der Waals surface area contributed by atoms with E-state index in [4.69, 9.17) is 15.6 Å². The first-order valence-corrected chi connectivity index (χ1v) is 9.99. The van der Waals surface area contributed by atoms with Gasteiger partial charge in [0.15, 0.2) is 17.3 Å². The summed E-state index contributed by atoms with van der Waals surface area (Å²) in [5, 5.41) is 22.1. The number of nitrogens with two attached hydrogens (primary N) is 1. The van der Waals surface area contributed by atoms with Gasteiger partial charge in [-0.25, -0.2) is 14.6 Å². The number of fused-ring (bicyclic) bond motifs is 1. The Bertz CT molecular complexity index is 1340. The Morgan fingerprint density at radius 1 is 1.18 bits per heavy atom. The molecule has 0 saturated heterocycles. The van der Waals surface area contributed by atoms with Gasteiger partial charge < -0.3 is 20.9 Å². The summed E-state index contributed by atoms with van der Waals surface area (Å²) < 4.78 is 6.61. The van der Waals surface area contributed by atoms with Crippen LogP contribution in [0.15, 0.2) is 47.2 Å². The predicted molar refractivity (Wildman–Crippen MR) is 118 cm³/mol. The third-order valence-corrected chi connectivity index (χ3v) is 4.72. The maximum absolute atomic E-state index is 13.1. The first-order valence-electron chi connectivity index (χ1n) is 9.99. The highest BCUT2D eigenvalue weighted by molar-refractivity contribution is 5.98. The summed E-state index contributed by atoms with van der Waals surface area (Å²) in [6.45, 7) is 0.148. The van der Waals surface area contributed by atoms with Gasteiger partial charge in [0.1, 0.15) is 5.82 Å². The molecule has 3 heterocycles.